The fourth-order valence-corrected chi connectivity index (χ4v) is 4.14. The summed E-state index contributed by atoms with van der Waals surface area (Å²) in [7, 11) is 0. The van der Waals surface area contributed by atoms with Crippen LogP contribution >= 0.6 is 11.3 Å². The van der Waals surface area contributed by atoms with E-state index >= 15 is 0 Å². The summed E-state index contributed by atoms with van der Waals surface area (Å²) < 4.78 is 10.3. The molecule has 2 N–H and O–H groups in total. The van der Waals surface area contributed by atoms with E-state index in [2.05, 4.69) is 20.6 Å². The van der Waals surface area contributed by atoms with Crippen molar-refractivity contribution >= 4 is 40.3 Å². The molecule has 2 heterocycles. The number of hydrogen-bond acceptors (Lipinski definition) is 8. The third-order valence-electron chi connectivity index (χ3n) is 4.50. The van der Waals surface area contributed by atoms with Crippen molar-refractivity contribution in [2.75, 3.05) is 17.2 Å². The lowest BCUT2D eigenvalue weighted by Gasteiger charge is -2.07. The second-order valence-corrected chi connectivity index (χ2v) is 7.57. The van der Waals surface area contributed by atoms with Gasteiger partial charge in [0.1, 0.15) is 12.2 Å². The van der Waals surface area contributed by atoms with Crippen LogP contribution in [-0.2, 0) is 16.0 Å². The smallest absolute Gasteiger partial charge is 0.315 e. The van der Waals surface area contributed by atoms with Gasteiger partial charge in [0.2, 0.25) is 0 Å². The largest absolute Gasteiger partial charge is 0.465 e. The lowest BCUT2D eigenvalue weighted by molar-refractivity contribution is -0.145. The van der Waals surface area contributed by atoms with Gasteiger partial charge in [-0.05, 0) is 31.9 Å². The summed E-state index contributed by atoms with van der Waals surface area (Å²) >= 11 is 1.32. The molecule has 0 unspecified atom stereocenters. The van der Waals surface area contributed by atoms with Gasteiger partial charge in [0.25, 0.3) is 11.8 Å². The molecule has 1 aliphatic carbocycles. The summed E-state index contributed by atoms with van der Waals surface area (Å²) in [6, 6.07) is 8.49. The molecule has 10 heteroatoms. The fourth-order valence-electron chi connectivity index (χ4n) is 3.11. The summed E-state index contributed by atoms with van der Waals surface area (Å²) in [5, 5.41) is 5.53. The standard InChI is InChI=1S/C20H18N4O5S/c1-2-28-18(27)12-8-9-14-15(12)22-20(30-14)24-17(26)13-10-29-19(21-13)23-16(25)11-6-4-3-5-7-11/h3-7,10,12H,2,8-9H2,1H3,(H,21,23,25)(H,22,24,26)/t12-/m0/s1. The van der Waals surface area contributed by atoms with Gasteiger partial charge in [-0.25, -0.2) is 4.98 Å². The Hall–Kier alpha value is -3.53. The van der Waals surface area contributed by atoms with E-state index in [9.17, 15) is 14.4 Å². The van der Waals surface area contributed by atoms with Gasteiger partial charge in [0.05, 0.1) is 12.3 Å². The first-order valence-electron chi connectivity index (χ1n) is 9.34. The predicted molar refractivity (Wildman–Crippen MR) is 109 cm³/mol. The number of carbonyl (C=O) groups is 3. The minimum atomic E-state index is -0.529. The Labute approximate surface area is 175 Å². The van der Waals surface area contributed by atoms with Gasteiger partial charge < -0.3 is 9.15 Å². The number of oxazole rings is 1. The number of thiazole rings is 1. The molecule has 1 atom stereocenters. The van der Waals surface area contributed by atoms with Crippen LogP contribution in [0, 0.1) is 0 Å². The number of hydrogen-bond donors (Lipinski definition) is 2. The van der Waals surface area contributed by atoms with Gasteiger partial charge in [-0.1, -0.05) is 18.2 Å². The maximum absolute atomic E-state index is 12.5. The molecule has 2 aromatic heterocycles. The minimum absolute atomic E-state index is 0.00401. The number of anilines is 2. The highest BCUT2D eigenvalue weighted by atomic mass is 32.1. The lowest BCUT2D eigenvalue weighted by Crippen LogP contribution is -2.15. The van der Waals surface area contributed by atoms with E-state index in [0.717, 1.165) is 11.1 Å². The molecule has 9 nitrogen and oxygen atoms in total. The first-order chi connectivity index (χ1) is 14.5. The SMILES string of the molecule is CCOC(=O)[C@H]1CCc2sc(NC(=O)c3coc(NC(=O)c4ccccc4)n3)nc21. The van der Waals surface area contributed by atoms with Gasteiger partial charge in [-0.2, -0.15) is 4.98 Å². The van der Waals surface area contributed by atoms with E-state index in [1.165, 1.54) is 11.3 Å². The third kappa shape index (κ3) is 4.08. The maximum atomic E-state index is 12.5. The summed E-state index contributed by atoms with van der Waals surface area (Å²) in [5.41, 5.74) is 1.09. The average Bonchev–Trinajstić information content (AvgIpc) is 3.44. The molecule has 0 saturated carbocycles. The van der Waals surface area contributed by atoms with Crippen molar-refractivity contribution in [3.63, 3.8) is 0 Å². The number of ether oxygens (including phenoxy) is 1. The number of nitrogens with one attached hydrogen (secondary N) is 2. The van der Waals surface area contributed by atoms with Crippen molar-refractivity contribution in [1.29, 1.82) is 0 Å². The molecule has 1 aromatic carbocycles. The van der Waals surface area contributed by atoms with Crippen LogP contribution < -0.4 is 10.6 Å². The highest BCUT2D eigenvalue weighted by Crippen LogP contribution is 2.39. The summed E-state index contributed by atoms with van der Waals surface area (Å²) in [6.45, 7) is 2.07. The second-order valence-electron chi connectivity index (χ2n) is 6.48. The first kappa shape index (κ1) is 19.8. The van der Waals surface area contributed by atoms with Crippen LogP contribution in [0.3, 0.4) is 0 Å². The van der Waals surface area contributed by atoms with Crippen LogP contribution in [-0.4, -0.2) is 34.4 Å². The van der Waals surface area contributed by atoms with Crippen molar-refractivity contribution in [1.82, 2.24) is 9.97 Å². The molecule has 1 aliphatic rings. The summed E-state index contributed by atoms with van der Waals surface area (Å²) in [5.74, 6) is -1.62. The van der Waals surface area contributed by atoms with Crippen molar-refractivity contribution in [2.24, 2.45) is 0 Å². The maximum Gasteiger partial charge on any atom is 0.315 e. The third-order valence-corrected chi connectivity index (χ3v) is 5.55. The second kappa shape index (κ2) is 8.46. The molecule has 3 aromatic rings. The zero-order valence-corrected chi connectivity index (χ0v) is 16.8. The fraction of sp³-hybridized carbons (Fsp3) is 0.250. The quantitative estimate of drug-likeness (QED) is 0.580. The molecule has 0 radical (unpaired) electrons. The number of carbonyl (C=O) groups excluding carboxylic acids is 3. The molecule has 30 heavy (non-hydrogen) atoms. The van der Waals surface area contributed by atoms with Gasteiger partial charge in [0.15, 0.2) is 10.8 Å². The number of aryl methyl sites for hydroxylation is 1. The van der Waals surface area contributed by atoms with Gasteiger partial charge in [0, 0.05) is 10.4 Å². The number of rotatable bonds is 6. The van der Waals surface area contributed by atoms with Crippen LogP contribution in [0.25, 0.3) is 0 Å². The predicted octanol–water partition coefficient (Wildman–Crippen LogP) is 3.23. The van der Waals surface area contributed by atoms with E-state index in [1.807, 2.05) is 0 Å². The summed E-state index contributed by atoms with van der Waals surface area (Å²) in [6.07, 6.45) is 2.53. The average molecular weight is 426 g/mol. The van der Waals surface area contributed by atoms with Crippen molar-refractivity contribution in [3.05, 3.63) is 58.4 Å². The van der Waals surface area contributed by atoms with E-state index in [0.29, 0.717) is 35.8 Å². The molecular weight excluding hydrogens is 408 g/mol. The van der Waals surface area contributed by atoms with E-state index in [-0.39, 0.29) is 17.7 Å². The number of fused-ring (bicyclic) bond motifs is 1. The van der Waals surface area contributed by atoms with Gasteiger partial charge in [-0.15, -0.1) is 11.3 Å². The molecule has 2 amide bonds. The number of esters is 1. The lowest BCUT2D eigenvalue weighted by atomic mass is 10.1. The Balaban J connectivity index is 1.40. The van der Waals surface area contributed by atoms with E-state index in [1.54, 1.807) is 37.3 Å². The van der Waals surface area contributed by atoms with Crippen molar-refractivity contribution in [2.45, 2.75) is 25.7 Å². The summed E-state index contributed by atoms with van der Waals surface area (Å²) in [4.78, 5) is 46.0. The highest BCUT2D eigenvalue weighted by Gasteiger charge is 2.34. The van der Waals surface area contributed by atoms with E-state index < -0.39 is 17.7 Å². The Bertz CT molecular complexity index is 1090. The molecular formula is C20H18N4O5S. The van der Waals surface area contributed by atoms with Crippen LogP contribution in [0.4, 0.5) is 11.1 Å². The first-order valence-corrected chi connectivity index (χ1v) is 10.2. The number of nitrogens with zero attached hydrogens (tertiary/aromatic N) is 2. The zero-order chi connectivity index (χ0) is 21.1. The Morgan fingerprint density at radius 2 is 1.97 bits per heavy atom. The van der Waals surface area contributed by atoms with Crippen LogP contribution in [0.5, 0.6) is 0 Å². The highest BCUT2D eigenvalue weighted by molar-refractivity contribution is 7.16. The molecule has 0 fully saturated rings. The molecule has 0 saturated heterocycles. The minimum Gasteiger partial charge on any atom is -0.465 e. The molecule has 4 rings (SSSR count). The molecule has 154 valence electrons. The topological polar surface area (TPSA) is 123 Å². The monoisotopic (exact) mass is 426 g/mol. The van der Waals surface area contributed by atoms with Crippen LogP contribution in [0.1, 0.15) is 50.7 Å². The molecule has 0 bridgehead atoms. The van der Waals surface area contributed by atoms with Crippen molar-refractivity contribution < 1.29 is 23.5 Å². The van der Waals surface area contributed by atoms with Gasteiger partial charge in [-0.3, -0.25) is 25.0 Å². The normalized spacial score (nSPS) is 14.8. The molecule has 0 spiro atoms. The number of benzene rings is 1. The Morgan fingerprint density at radius 1 is 1.17 bits per heavy atom. The van der Waals surface area contributed by atoms with E-state index in [4.69, 9.17) is 9.15 Å². The van der Waals surface area contributed by atoms with Crippen LogP contribution in [0.2, 0.25) is 0 Å². The van der Waals surface area contributed by atoms with Crippen LogP contribution in [0.15, 0.2) is 41.0 Å². The number of amides is 2. The zero-order valence-electron chi connectivity index (χ0n) is 16.0. The molecule has 0 aliphatic heterocycles. The number of aromatic nitrogens is 2. The Kier molecular flexibility index (Phi) is 5.57. The van der Waals surface area contributed by atoms with Gasteiger partial charge >= 0.3 is 12.0 Å². The Morgan fingerprint density at radius 3 is 2.73 bits per heavy atom. The van der Waals surface area contributed by atoms with Crippen molar-refractivity contribution in [3.8, 4) is 0 Å².